The smallest absolute Gasteiger partial charge is 0.222 e. The van der Waals surface area contributed by atoms with Crippen LogP contribution in [0, 0.1) is 5.92 Å². The molecule has 0 bridgehead atoms. The van der Waals surface area contributed by atoms with E-state index < -0.39 is 0 Å². The Hall–Kier alpha value is -0.610. The summed E-state index contributed by atoms with van der Waals surface area (Å²) in [6, 6.07) is 0. The van der Waals surface area contributed by atoms with Crippen LogP contribution < -0.4 is 0 Å². The standard InChI is InChI=1S/C16H30N2O2/c1-3-18-9-7-14(8-10-18)12-16(19)17(2)13-15-6-4-5-11-20-15/h14-15H,3-13H2,1-2H3. The SMILES string of the molecule is CCN1CCC(CC(=O)N(C)CC2CCCCO2)CC1. The van der Waals surface area contributed by atoms with E-state index in [2.05, 4.69) is 11.8 Å². The molecule has 0 aliphatic carbocycles. The van der Waals surface area contributed by atoms with E-state index in [1.165, 1.54) is 25.7 Å². The average molecular weight is 282 g/mol. The first-order valence-corrected chi connectivity index (χ1v) is 8.27. The topological polar surface area (TPSA) is 32.8 Å². The van der Waals surface area contributed by atoms with Crippen molar-refractivity contribution in [1.82, 2.24) is 9.80 Å². The van der Waals surface area contributed by atoms with Crippen LogP contribution in [0.25, 0.3) is 0 Å². The molecule has 2 fully saturated rings. The minimum Gasteiger partial charge on any atom is -0.376 e. The highest BCUT2D eigenvalue weighted by Gasteiger charge is 2.24. The van der Waals surface area contributed by atoms with Crippen molar-refractivity contribution in [3.05, 3.63) is 0 Å². The van der Waals surface area contributed by atoms with E-state index in [4.69, 9.17) is 4.74 Å². The van der Waals surface area contributed by atoms with Crippen molar-refractivity contribution in [2.45, 2.75) is 51.6 Å². The summed E-state index contributed by atoms with van der Waals surface area (Å²) in [5.74, 6) is 0.883. The molecule has 2 heterocycles. The normalized spacial score (nSPS) is 25.6. The highest BCUT2D eigenvalue weighted by atomic mass is 16.5. The number of likely N-dealkylation sites (tertiary alicyclic amines) is 1. The van der Waals surface area contributed by atoms with E-state index in [-0.39, 0.29) is 6.10 Å². The van der Waals surface area contributed by atoms with Gasteiger partial charge in [0, 0.05) is 26.6 Å². The molecule has 0 radical (unpaired) electrons. The molecule has 4 heteroatoms. The molecule has 0 N–H and O–H groups in total. The van der Waals surface area contributed by atoms with Gasteiger partial charge in [0.25, 0.3) is 0 Å². The summed E-state index contributed by atoms with van der Waals surface area (Å²) in [6.07, 6.45) is 6.85. The molecule has 1 atom stereocenters. The van der Waals surface area contributed by atoms with Crippen molar-refractivity contribution >= 4 is 5.91 Å². The van der Waals surface area contributed by atoms with Gasteiger partial charge < -0.3 is 14.5 Å². The van der Waals surface area contributed by atoms with Gasteiger partial charge in [0.1, 0.15) is 0 Å². The number of hydrogen-bond acceptors (Lipinski definition) is 3. The first-order valence-electron chi connectivity index (χ1n) is 8.27. The molecule has 1 amide bonds. The van der Waals surface area contributed by atoms with Gasteiger partial charge in [-0.15, -0.1) is 0 Å². The number of likely N-dealkylation sites (N-methyl/N-ethyl adjacent to an activating group) is 1. The van der Waals surface area contributed by atoms with Crippen molar-refractivity contribution < 1.29 is 9.53 Å². The van der Waals surface area contributed by atoms with Crippen LogP contribution in [0.5, 0.6) is 0 Å². The van der Waals surface area contributed by atoms with Gasteiger partial charge in [0.05, 0.1) is 6.10 Å². The third-order valence-corrected chi connectivity index (χ3v) is 4.79. The molecule has 0 aromatic carbocycles. The van der Waals surface area contributed by atoms with Gasteiger partial charge in [-0.05, 0) is 57.7 Å². The zero-order valence-electron chi connectivity index (χ0n) is 13.1. The summed E-state index contributed by atoms with van der Waals surface area (Å²) >= 11 is 0. The fourth-order valence-corrected chi connectivity index (χ4v) is 3.27. The molecule has 0 aromatic heterocycles. The average Bonchev–Trinajstić information content (AvgIpc) is 2.49. The largest absolute Gasteiger partial charge is 0.376 e. The van der Waals surface area contributed by atoms with Crippen LogP contribution in [0.15, 0.2) is 0 Å². The van der Waals surface area contributed by atoms with Gasteiger partial charge in [-0.2, -0.15) is 0 Å². The Labute approximate surface area is 123 Å². The zero-order chi connectivity index (χ0) is 14.4. The minimum atomic E-state index is 0.264. The van der Waals surface area contributed by atoms with E-state index in [0.717, 1.165) is 45.6 Å². The Bertz CT molecular complexity index is 295. The molecular formula is C16H30N2O2. The molecule has 0 aromatic rings. The Morgan fingerprint density at radius 2 is 2.00 bits per heavy atom. The van der Waals surface area contributed by atoms with Gasteiger partial charge >= 0.3 is 0 Å². The lowest BCUT2D eigenvalue weighted by atomic mass is 9.93. The fraction of sp³-hybridized carbons (Fsp3) is 0.938. The van der Waals surface area contributed by atoms with Crippen molar-refractivity contribution in [2.75, 3.05) is 39.8 Å². The summed E-state index contributed by atoms with van der Waals surface area (Å²) in [5.41, 5.74) is 0. The van der Waals surface area contributed by atoms with Gasteiger partial charge in [-0.25, -0.2) is 0 Å². The number of rotatable bonds is 5. The van der Waals surface area contributed by atoms with Crippen LogP contribution in [0.1, 0.15) is 45.4 Å². The number of carbonyl (C=O) groups excluding carboxylic acids is 1. The van der Waals surface area contributed by atoms with Gasteiger partial charge in [-0.3, -0.25) is 4.79 Å². The Balaban J connectivity index is 1.68. The van der Waals surface area contributed by atoms with E-state index in [1.807, 2.05) is 11.9 Å². The van der Waals surface area contributed by atoms with E-state index in [9.17, 15) is 4.79 Å². The molecule has 1 unspecified atom stereocenters. The number of amides is 1. The van der Waals surface area contributed by atoms with Gasteiger partial charge in [0.2, 0.25) is 5.91 Å². The summed E-state index contributed by atoms with van der Waals surface area (Å²) in [7, 11) is 1.93. The molecule has 2 aliphatic heterocycles. The molecular weight excluding hydrogens is 252 g/mol. The highest BCUT2D eigenvalue weighted by molar-refractivity contribution is 5.76. The molecule has 0 saturated carbocycles. The highest BCUT2D eigenvalue weighted by Crippen LogP contribution is 2.21. The van der Waals surface area contributed by atoms with Crippen molar-refractivity contribution in [1.29, 1.82) is 0 Å². The molecule has 2 saturated heterocycles. The monoisotopic (exact) mass is 282 g/mol. The van der Waals surface area contributed by atoms with Crippen molar-refractivity contribution in [3.8, 4) is 0 Å². The van der Waals surface area contributed by atoms with Gasteiger partial charge in [-0.1, -0.05) is 6.92 Å². The molecule has 20 heavy (non-hydrogen) atoms. The van der Waals surface area contributed by atoms with E-state index >= 15 is 0 Å². The maximum Gasteiger partial charge on any atom is 0.222 e. The first kappa shape index (κ1) is 15.8. The summed E-state index contributed by atoms with van der Waals surface area (Å²) in [5, 5.41) is 0. The van der Waals surface area contributed by atoms with Crippen LogP contribution in [-0.2, 0) is 9.53 Å². The molecule has 4 nitrogen and oxygen atoms in total. The van der Waals surface area contributed by atoms with Crippen molar-refractivity contribution in [2.24, 2.45) is 5.92 Å². The second-order valence-electron chi connectivity index (χ2n) is 6.34. The number of hydrogen-bond donors (Lipinski definition) is 0. The third kappa shape index (κ3) is 4.74. The Morgan fingerprint density at radius 3 is 2.60 bits per heavy atom. The lowest BCUT2D eigenvalue weighted by Gasteiger charge is -2.32. The Kier molecular flexibility index (Phi) is 6.30. The maximum absolute atomic E-state index is 12.3. The summed E-state index contributed by atoms with van der Waals surface area (Å²) < 4.78 is 5.72. The quantitative estimate of drug-likeness (QED) is 0.774. The lowest BCUT2D eigenvalue weighted by molar-refractivity contribution is -0.133. The van der Waals surface area contributed by atoms with E-state index in [0.29, 0.717) is 11.8 Å². The fourth-order valence-electron chi connectivity index (χ4n) is 3.27. The Morgan fingerprint density at radius 1 is 1.25 bits per heavy atom. The van der Waals surface area contributed by atoms with Crippen molar-refractivity contribution in [3.63, 3.8) is 0 Å². The lowest BCUT2D eigenvalue weighted by Crippen LogP contribution is -2.39. The number of nitrogens with zero attached hydrogens (tertiary/aromatic N) is 2. The van der Waals surface area contributed by atoms with Crippen LogP contribution in [0.2, 0.25) is 0 Å². The van der Waals surface area contributed by atoms with Crippen LogP contribution >= 0.6 is 0 Å². The molecule has 2 aliphatic rings. The second kappa shape index (κ2) is 7.99. The zero-order valence-corrected chi connectivity index (χ0v) is 13.1. The number of carbonyl (C=O) groups is 1. The summed E-state index contributed by atoms with van der Waals surface area (Å²) in [6.45, 7) is 7.30. The van der Waals surface area contributed by atoms with Crippen LogP contribution in [0.4, 0.5) is 0 Å². The maximum atomic E-state index is 12.3. The first-order chi connectivity index (χ1) is 9.69. The second-order valence-corrected chi connectivity index (χ2v) is 6.34. The minimum absolute atomic E-state index is 0.264. The molecule has 0 spiro atoms. The number of ether oxygens (including phenoxy) is 1. The predicted octanol–water partition coefficient (Wildman–Crippen LogP) is 2.14. The predicted molar refractivity (Wildman–Crippen MR) is 80.7 cm³/mol. The van der Waals surface area contributed by atoms with Crippen LogP contribution in [-0.4, -0.2) is 61.6 Å². The number of piperidine rings is 1. The van der Waals surface area contributed by atoms with Gasteiger partial charge in [0.15, 0.2) is 0 Å². The van der Waals surface area contributed by atoms with E-state index in [1.54, 1.807) is 0 Å². The summed E-state index contributed by atoms with van der Waals surface area (Å²) in [4.78, 5) is 16.7. The molecule has 116 valence electrons. The third-order valence-electron chi connectivity index (χ3n) is 4.79. The van der Waals surface area contributed by atoms with Crippen LogP contribution in [0.3, 0.4) is 0 Å². The molecule has 2 rings (SSSR count).